The van der Waals surface area contributed by atoms with Crippen molar-refractivity contribution in [2.24, 2.45) is 40.9 Å². The molecule has 0 radical (unpaired) electrons. The maximum atomic E-state index is 13.7. The number of hydrogen-bond donors (Lipinski definition) is 2. The zero-order chi connectivity index (χ0) is 18.7. The van der Waals surface area contributed by atoms with Crippen molar-refractivity contribution in [2.75, 3.05) is 26.2 Å². The van der Waals surface area contributed by atoms with Crippen LogP contribution in [0.3, 0.4) is 0 Å². The third-order valence-electron chi connectivity index (χ3n) is 10.0. The zero-order valence-electron chi connectivity index (χ0n) is 17.3. The third kappa shape index (κ3) is 2.43. The van der Waals surface area contributed by atoms with Crippen LogP contribution in [-0.2, 0) is 9.53 Å². The smallest absolute Gasteiger partial charge is 0.139 e. The molecule has 156 valence electrons. The molecule has 6 fully saturated rings. The van der Waals surface area contributed by atoms with E-state index in [0.717, 1.165) is 39.0 Å². The van der Waals surface area contributed by atoms with Crippen LogP contribution in [0.2, 0.25) is 0 Å². The van der Waals surface area contributed by atoms with Gasteiger partial charge in [-0.1, -0.05) is 25.7 Å². The Morgan fingerprint density at radius 2 is 1.18 bits per heavy atom. The Morgan fingerprint density at radius 3 is 1.71 bits per heavy atom. The first-order valence-electron chi connectivity index (χ1n) is 12.4. The number of carbonyl (C=O) groups excluding carboxylic acids is 1. The number of ether oxygens (including phenoxy) is 1. The third-order valence-corrected chi connectivity index (χ3v) is 10.0. The summed E-state index contributed by atoms with van der Waals surface area (Å²) in [5.74, 6) is 3.77. The molecule has 3 heterocycles. The summed E-state index contributed by atoms with van der Waals surface area (Å²) < 4.78 is 6.88. The summed E-state index contributed by atoms with van der Waals surface area (Å²) in [5, 5.41) is 7.50. The van der Waals surface area contributed by atoms with Crippen molar-refractivity contribution >= 4 is 5.78 Å². The highest BCUT2D eigenvalue weighted by Gasteiger charge is 2.68. The van der Waals surface area contributed by atoms with Crippen LogP contribution in [0.4, 0.5) is 0 Å². The van der Waals surface area contributed by atoms with Crippen molar-refractivity contribution in [3.63, 3.8) is 0 Å². The van der Waals surface area contributed by atoms with E-state index in [1.807, 2.05) is 0 Å². The van der Waals surface area contributed by atoms with Gasteiger partial charge in [0.05, 0.1) is 12.2 Å². The largest absolute Gasteiger partial charge is 0.374 e. The molecule has 6 rings (SSSR count). The average Bonchev–Trinajstić information content (AvgIpc) is 2.77. The lowest BCUT2D eigenvalue weighted by Gasteiger charge is -2.69. The Labute approximate surface area is 169 Å². The molecule has 1 spiro atoms. The summed E-state index contributed by atoms with van der Waals surface area (Å²) in [4.78, 5) is 13.7. The second kappa shape index (κ2) is 7.06. The van der Waals surface area contributed by atoms with Crippen LogP contribution < -0.4 is 10.6 Å². The zero-order valence-corrected chi connectivity index (χ0v) is 17.3. The van der Waals surface area contributed by atoms with Crippen molar-refractivity contribution in [3.05, 3.63) is 0 Å². The van der Waals surface area contributed by atoms with Gasteiger partial charge in [0.25, 0.3) is 0 Å². The van der Waals surface area contributed by atoms with E-state index in [4.69, 9.17) is 4.74 Å². The molecule has 0 bridgehead atoms. The van der Waals surface area contributed by atoms with E-state index in [-0.39, 0.29) is 0 Å². The molecule has 0 aromatic rings. The summed E-state index contributed by atoms with van der Waals surface area (Å²) in [7, 11) is 0. The Morgan fingerprint density at radius 1 is 0.679 bits per heavy atom. The summed E-state index contributed by atoms with van der Waals surface area (Å²) in [6.07, 6.45) is 13.7. The van der Waals surface area contributed by atoms with Gasteiger partial charge in [0.15, 0.2) is 0 Å². The minimum atomic E-state index is 0.323. The van der Waals surface area contributed by atoms with Crippen molar-refractivity contribution < 1.29 is 9.53 Å². The van der Waals surface area contributed by atoms with Crippen LogP contribution in [0.25, 0.3) is 0 Å². The van der Waals surface area contributed by atoms with Gasteiger partial charge in [0.1, 0.15) is 5.78 Å². The predicted molar refractivity (Wildman–Crippen MR) is 109 cm³/mol. The van der Waals surface area contributed by atoms with Crippen LogP contribution in [0.1, 0.15) is 64.2 Å². The van der Waals surface area contributed by atoms with Gasteiger partial charge in [-0.05, 0) is 93.8 Å². The molecule has 2 N–H and O–H groups in total. The van der Waals surface area contributed by atoms with Crippen LogP contribution in [0, 0.1) is 40.9 Å². The SMILES string of the molecule is O=C1C2CCNCC2C2(C3CCCCC3OC3CCCCC32)C2CNCCC12. The van der Waals surface area contributed by atoms with Crippen molar-refractivity contribution in [1.29, 1.82) is 0 Å². The van der Waals surface area contributed by atoms with Crippen LogP contribution in [0.15, 0.2) is 0 Å². The Balaban J connectivity index is 1.52. The second-order valence-electron chi connectivity index (χ2n) is 10.8. The van der Waals surface area contributed by atoms with Crippen molar-refractivity contribution in [3.8, 4) is 0 Å². The first kappa shape index (κ1) is 18.3. The monoisotopic (exact) mass is 386 g/mol. The molecule has 3 saturated heterocycles. The number of hydrogen-bond acceptors (Lipinski definition) is 4. The van der Waals surface area contributed by atoms with Gasteiger partial charge in [-0.25, -0.2) is 0 Å². The number of carbonyl (C=O) groups is 1. The fourth-order valence-corrected chi connectivity index (χ4v) is 9.26. The molecule has 4 nitrogen and oxygen atoms in total. The summed E-state index contributed by atoms with van der Waals surface area (Å²) >= 11 is 0. The fraction of sp³-hybridized carbons (Fsp3) is 0.958. The van der Waals surface area contributed by atoms with E-state index in [2.05, 4.69) is 10.6 Å². The highest BCUT2D eigenvalue weighted by atomic mass is 16.5. The van der Waals surface area contributed by atoms with Gasteiger partial charge in [0.2, 0.25) is 0 Å². The maximum absolute atomic E-state index is 13.7. The van der Waals surface area contributed by atoms with E-state index >= 15 is 0 Å². The number of fused-ring (bicyclic) bond motifs is 8. The highest BCUT2D eigenvalue weighted by Crippen LogP contribution is 2.67. The Kier molecular flexibility index (Phi) is 4.62. The minimum absolute atomic E-state index is 0.323. The summed E-state index contributed by atoms with van der Waals surface area (Å²) in [5.41, 5.74) is 0.332. The lowest BCUT2D eigenvalue weighted by Crippen LogP contribution is -2.72. The number of ketones is 1. The lowest BCUT2D eigenvalue weighted by atomic mass is 9.39. The predicted octanol–water partition coefficient (Wildman–Crippen LogP) is 3.15. The molecule has 3 saturated carbocycles. The second-order valence-corrected chi connectivity index (χ2v) is 10.8. The molecule has 0 amide bonds. The number of piperidine rings is 2. The number of nitrogens with one attached hydrogen (secondary N) is 2. The first-order valence-corrected chi connectivity index (χ1v) is 12.4. The summed E-state index contributed by atoms with van der Waals surface area (Å²) in [6, 6.07) is 0. The van der Waals surface area contributed by atoms with E-state index in [1.54, 1.807) is 0 Å². The van der Waals surface area contributed by atoms with Gasteiger partial charge in [-0.15, -0.1) is 0 Å². The van der Waals surface area contributed by atoms with E-state index in [1.165, 1.54) is 51.4 Å². The van der Waals surface area contributed by atoms with Gasteiger partial charge in [-0.2, -0.15) is 0 Å². The topological polar surface area (TPSA) is 50.4 Å². The van der Waals surface area contributed by atoms with Crippen molar-refractivity contribution in [1.82, 2.24) is 10.6 Å². The standard InChI is InChI=1S/C24H38N2O2/c27-23-15-9-11-25-13-19(15)24(20-14-26-12-10-16(20)23)17-5-1-3-7-21(17)28-22-8-4-2-6-18(22)24/h15-22,25-26H,1-14H2. The number of Topliss-reactive ketones (excluding diaryl/α,β-unsaturated/α-hetero) is 1. The first-order chi connectivity index (χ1) is 13.8. The van der Waals surface area contributed by atoms with Gasteiger partial charge < -0.3 is 15.4 Å². The molecule has 0 aromatic carbocycles. The number of rotatable bonds is 0. The Bertz CT molecular complexity index is 572. The van der Waals surface area contributed by atoms with Crippen LogP contribution in [0.5, 0.6) is 0 Å². The normalized spacial score (nSPS) is 53.6. The molecule has 3 aliphatic heterocycles. The van der Waals surface area contributed by atoms with Crippen LogP contribution in [-0.4, -0.2) is 44.2 Å². The van der Waals surface area contributed by atoms with Gasteiger partial charge >= 0.3 is 0 Å². The van der Waals surface area contributed by atoms with Gasteiger partial charge in [0, 0.05) is 11.8 Å². The van der Waals surface area contributed by atoms with E-state index in [9.17, 15) is 4.79 Å². The van der Waals surface area contributed by atoms with Crippen LogP contribution >= 0.6 is 0 Å². The highest BCUT2D eigenvalue weighted by molar-refractivity contribution is 5.85. The molecular weight excluding hydrogens is 348 g/mol. The Hall–Kier alpha value is -0.450. The molecule has 4 heteroatoms. The maximum Gasteiger partial charge on any atom is 0.139 e. The summed E-state index contributed by atoms with van der Waals surface area (Å²) in [6.45, 7) is 4.23. The molecule has 28 heavy (non-hydrogen) atoms. The molecular formula is C24H38N2O2. The molecule has 0 aromatic heterocycles. The molecule has 6 aliphatic rings. The molecule has 3 aliphatic carbocycles. The fourth-order valence-electron chi connectivity index (χ4n) is 9.26. The van der Waals surface area contributed by atoms with Crippen molar-refractivity contribution in [2.45, 2.75) is 76.4 Å². The lowest BCUT2D eigenvalue weighted by molar-refractivity contribution is -0.268. The van der Waals surface area contributed by atoms with E-state index < -0.39 is 0 Å². The van der Waals surface area contributed by atoms with E-state index in [0.29, 0.717) is 58.9 Å². The molecule has 8 atom stereocenters. The van der Waals surface area contributed by atoms with Gasteiger partial charge in [-0.3, -0.25) is 4.79 Å². The quantitative estimate of drug-likeness (QED) is 0.671. The molecule has 8 unspecified atom stereocenters. The average molecular weight is 387 g/mol. The minimum Gasteiger partial charge on any atom is -0.374 e.